The summed E-state index contributed by atoms with van der Waals surface area (Å²) >= 11 is 13.0. The molecule has 10 nitrogen and oxygen atoms in total. The van der Waals surface area contributed by atoms with E-state index in [9.17, 15) is 13.2 Å². The van der Waals surface area contributed by atoms with Gasteiger partial charge in [-0.25, -0.2) is 17.9 Å². The Balaban J connectivity index is 1.27. The number of sulfonamides is 1. The highest BCUT2D eigenvalue weighted by molar-refractivity contribution is 7.89. The number of hydrogen-bond acceptors (Lipinski definition) is 7. The van der Waals surface area contributed by atoms with E-state index in [-0.39, 0.29) is 36.2 Å². The number of nitrogens with zero attached hydrogens (tertiary/aromatic N) is 1. The van der Waals surface area contributed by atoms with E-state index in [0.717, 1.165) is 36.9 Å². The van der Waals surface area contributed by atoms with Gasteiger partial charge in [0.05, 0.1) is 37.4 Å². The van der Waals surface area contributed by atoms with E-state index in [4.69, 9.17) is 37.4 Å². The molecule has 0 saturated carbocycles. The van der Waals surface area contributed by atoms with Crippen LogP contribution in [0.2, 0.25) is 10.0 Å². The summed E-state index contributed by atoms with van der Waals surface area (Å²) in [5.74, 6) is 0.576. The van der Waals surface area contributed by atoms with Crippen LogP contribution in [0, 0.1) is 0 Å². The predicted octanol–water partition coefficient (Wildman–Crippen LogP) is 4.54. The van der Waals surface area contributed by atoms with E-state index in [2.05, 4.69) is 27.2 Å². The summed E-state index contributed by atoms with van der Waals surface area (Å²) in [7, 11) is -3.72. The van der Waals surface area contributed by atoms with Gasteiger partial charge in [0.25, 0.3) is 0 Å². The monoisotopic (exact) mass is 656 g/mol. The van der Waals surface area contributed by atoms with Gasteiger partial charge in [-0.05, 0) is 81.6 Å². The number of halogens is 2. The minimum absolute atomic E-state index is 0.112. The third-order valence-corrected chi connectivity index (χ3v) is 9.75. The van der Waals surface area contributed by atoms with Crippen molar-refractivity contribution < 1.29 is 27.4 Å². The molecule has 1 saturated heterocycles. The lowest BCUT2D eigenvalue weighted by Crippen LogP contribution is -2.47. The van der Waals surface area contributed by atoms with Crippen molar-refractivity contribution in [2.75, 3.05) is 52.6 Å². The topological polar surface area (TPSA) is 118 Å². The summed E-state index contributed by atoms with van der Waals surface area (Å²) in [5.41, 5.74) is 2.05. The summed E-state index contributed by atoms with van der Waals surface area (Å²) in [6, 6.07) is 10.5. The highest BCUT2D eigenvalue weighted by Crippen LogP contribution is 2.44. The second kappa shape index (κ2) is 16.3. The number of amides is 2. The molecule has 43 heavy (non-hydrogen) atoms. The van der Waals surface area contributed by atoms with E-state index in [1.54, 1.807) is 30.3 Å². The molecule has 0 aromatic heterocycles. The van der Waals surface area contributed by atoms with Crippen molar-refractivity contribution in [2.45, 2.75) is 62.6 Å². The number of likely N-dealkylation sites (tertiary alicyclic amines) is 1. The fourth-order valence-corrected chi connectivity index (χ4v) is 7.22. The second-order valence-electron chi connectivity index (χ2n) is 10.7. The molecule has 2 aromatic carbocycles. The van der Waals surface area contributed by atoms with Crippen LogP contribution >= 0.6 is 23.2 Å². The first-order valence-electron chi connectivity index (χ1n) is 14.9. The average molecular weight is 658 g/mol. The van der Waals surface area contributed by atoms with E-state index in [1.165, 1.54) is 6.42 Å². The van der Waals surface area contributed by atoms with Crippen molar-refractivity contribution in [3.05, 3.63) is 57.6 Å². The van der Waals surface area contributed by atoms with Gasteiger partial charge in [0.15, 0.2) is 0 Å². The lowest BCUT2D eigenvalue weighted by atomic mass is 9.99. The van der Waals surface area contributed by atoms with Crippen molar-refractivity contribution in [3.8, 4) is 5.75 Å². The lowest BCUT2D eigenvalue weighted by Gasteiger charge is -2.40. The Labute approximate surface area is 264 Å². The lowest BCUT2D eigenvalue weighted by molar-refractivity contribution is 0.0343. The van der Waals surface area contributed by atoms with Crippen LogP contribution in [0.4, 0.5) is 4.79 Å². The molecule has 3 atom stereocenters. The van der Waals surface area contributed by atoms with E-state index in [0.29, 0.717) is 54.7 Å². The summed E-state index contributed by atoms with van der Waals surface area (Å²) in [5, 5.41) is 6.51. The fourth-order valence-electron chi connectivity index (χ4n) is 5.62. The molecule has 2 amide bonds. The number of carbonyl (C=O) groups is 1. The number of fused-ring (bicyclic) bond motifs is 1. The first-order valence-corrected chi connectivity index (χ1v) is 17.1. The number of ether oxygens (including phenoxy) is 3. The average Bonchev–Trinajstić information content (AvgIpc) is 3.32. The van der Waals surface area contributed by atoms with Crippen molar-refractivity contribution >= 4 is 39.3 Å². The molecule has 1 heterocycles. The number of nitrogens with one attached hydrogen (secondary N) is 3. The Bertz CT molecular complexity index is 1310. The fraction of sp³-hybridized carbons (Fsp3) is 0.567. The Morgan fingerprint density at radius 3 is 2.42 bits per heavy atom. The van der Waals surface area contributed by atoms with Crippen molar-refractivity contribution in [1.29, 1.82) is 0 Å². The SMILES string of the molecule is CCNC(=O)NCCOCCOCCNS(=O)(=O)c1ccc(O[C@H]2c3cc(Cl)cc(Cl)c3C[C@@H]2N2CCCC[C@H]2C)cc1. The molecule has 1 aliphatic carbocycles. The van der Waals surface area contributed by atoms with Crippen LogP contribution in [0.25, 0.3) is 0 Å². The van der Waals surface area contributed by atoms with E-state index < -0.39 is 10.0 Å². The molecule has 0 bridgehead atoms. The van der Waals surface area contributed by atoms with Crippen LogP contribution in [0.5, 0.6) is 5.75 Å². The molecule has 13 heteroatoms. The number of rotatable bonds is 15. The number of urea groups is 1. The highest BCUT2D eigenvalue weighted by Gasteiger charge is 2.41. The third kappa shape index (κ3) is 9.43. The predicted molar refractivity (Wildman–Crippen MR) is 168 cm³/mol. The van der Waals surface area contributed by atoms with Gasteiger partial charge >= 0.3 is 6.03 Å². The standard InChI is InChI=1S/C30H42Cl2N4O6S/c1-3-33-30(37)34-11-14-40-16-17-41-15-12-35-43(38,39)24-9-7-23(8-10-24)42-29-26-18-22(31)19-27(32)25(26)20-28(29)36-13-5-4-6-21(36)2/h7-10,18-19,21,28-29,35H,3-6,11-17,20H2,1-2H3,(H2,33,34,37)/t21-,28+,29+/m1/s1. The molecule has 0 radical (unpaired) electrons. The number of carbonyl (C=O) groups excluding carboxylic acids is 1. The minimum Gasteiger partial charge on any atom is -0.484 e. The maximum atomic E-state index is 12.8. The van der Waals surface area contributed by atoms with Gasteiger partial charge in [0.1, 0.15) is 11.9 Å². The van der Waals surface area contributed by atoms with Gasteiger partial charge < -0.3 is 24.8 Å². The summed E-state index contributed by atoms with van der Waals surface area (Å²) < 4.78 is 45.6. The molecule has 0 unspecified atom stereocenters. The van der Waals surface area contributed by atoms with Crippen LogP contribution in [0.1, 0.15) is 50.3 Å². The molecule has 2 aliphatic rings. The van der Waals surface area contributed by atoms with Gasteiger partial charge in [-0.15, -0.1) is 0 Å². The van der Waals surface area contributed by atoms with Crippen molar-refractivity contribution in [3.63, 3.8) is 0 Å². The van der Waals surface area contributed by atoms with Crippen molar-refractivity contribution in [1.82, 2.24) is 20.3 Å². The van der Waals surface area contributed by atoms with Gasteiger partial charge in [0, 0.05) is 41.3 Å². The van der Waals surface area contributed by atoms with Crippen LogP contribution in [-0.2, 0) is 25.9 Å². The molecule has 1 fully saturated rings. The van der Waals surface area contributed by atoms with Gasteiger partial charge in [-0.3, -0.25) is 4.90 Å². The Kier molecular flexibility index (Phi) is 12.8. The zero-order chi connectivity index (χ0) is 30.8. The Morgan fingerprint density at radius 2 is 1.72 bits per heavy atom. The first-order chi connectivity index (χ1) is 20.7. The van der Waals surface area contributed by atoms with Crippen LogP contribution < -0.4 is 20.1 Å². The summed E-state index contributed by atoms with van der Waals surface area (Å²) in [6.45, 7) is 7.39. The maximum Gasteiger partial charge on any atom is 0.314 e. The number of benzene rings is 2. The van der Waals surface area contributed by atoms with Crippen LogP contribution in [0.3, 0.4) is 0 Å². The van der Waals surface area contributed by atoms with E-state index >= 15 is 0 Å². The van der Waals surface area contributed by atoms with Gasteiger partial charge in [-0.2, -0.15) is 0 Å². The largest absolute Gasteiger partial charge is 0.484 e. The molecule has 3 N–H and O–H groups in total. The molecule has 1 aliphatic heterocycles. The summed E-state index contributed by atoms with van der Waals surface area (Å²) in [6.07, 6.45) is 4.02. The third-order valence-electron chi connectivity index (χ3n) is 7.72. The number of piperidine rings is 1. The van der Waals surface area contributed by atoms with Gasteiger partial charge in [-0.1, -0.05) is 29.6 Å². The zero-order valence-corrected chi connectivity index (χ0v) is 27.1. The smallest absolute Gasteiger partial charge is 0.314 e. The first kappa shape index (κ1) is 33.8. The Morgan fingerprint density at radius 1 is 1.00 bits per heavy atom. The molecular weight excluding hydrogens is 615 g/mol. The molecule has 2 aromatic rings. The number of hydrogen-bond donors (Lipinski definition) is 3. The molecule has 0 spiro atoms. The maximum absolute atomic E-state index is 12.8. The molecular formula is C30H42Cl2N4O6S. The Hall–Kier alpha value is -2.12. The van der Waals surface area contributed by atoms with Crippen LogP contribution in [-0.4, -0.2) is 84.0 Å². The van der Waals surface area contributed by atoms with E-state index in [1.807, 2.05) is 13.0 Å². The molecule has 4 rings (SSSR count). The normalized spacial score (nSPS) is 20.5. The minimum atomic E-state index is -3.72. The highest BCUT2D eigenvalue weighted by atomic mass is 35.5. The summed E-state index contributed by atoms with van der Waals surface area (Å²) in [4.78, 5) is 13.9. The second-order valence-corrected chi connectivity index (χ2v) is 13.3. The van der Waals surface area contributed by atoms with Crippen molar-refractivity contribution in [2.24, 2.45) is 0 Å². The quantitative estimate of drug-likeness (QED) is 0.241. The zero-order valence-electron chi connectivity index (χ0n) is 24.7. The van der Waals surface area contributed by atoms with Crippen LogP contribution in [0.15, 0.2) is 41.3 Å². The van der Waals surface area contributed by atoms with Gasteiger partial charge in [0.2, 0.25) is 10.0 Å². The molecule has 238 valence electrons.